The summed E-state index contributed by atoms with van der Waals surface area (Å²) < 4.78 is 0. The van der Waals surface area contributed by atoms with Gasteiger partial charge >= 0.3 is 0 Å². The molecule has 0 radical (unpaired) electrons. The zero-order chi connectivity index (χ0) is 9.54. The summed E-state index contributed by atoms with van der Waals surface area (Å²) in [7, 11) is 0. The summed E-state index contributed by atoms with van der Waals surface area (Å²) in [5.74, 6) is 2.34. The van der Waals surface area contributed by atoms with Crippen LogP contribution in [0, 0.1) is 11.8 Å². The van der Waals surface area contributed by atoms with Crippen molar-refractivity contribution in [2.45, 2.75) is 6.04 Å². The van der Waals surface area contributed by atoms with E-state index in [1.54, 1.807) is 12.4 Å². The van der Waals surface area contributed by atoms with E-state index >= 15 is 0 Å². The molecule has 5 heteroatoms. The number of hydrogen-bond acceptors (Lipinski definition) is 4. The molecule has 2 unspecified atom stereocenters. The van der Waals surface area contributed by atoms with Crippen LogP contribution in [0.2, 0.25) is 5.15 Å². The largest absolute Gasteiger partial charge is 0.365 e. The number of rotatable bonds is 2. The molecule has 2 heterocycles. The second-order valence-corrected chi connectivity index (χ2v) is 4.27. The van der Waals surface area contributed by atoms with Gasteiger partial charge in [-0.25, -0.2) is 4.98 Å². The second-order valence-electron chi connectivity index (χ2n) is 3.88. The molecule has 0 aromatic carbocycles. The minimum absolute atomic E-state index is 0.443. The maximum absolute atomic E-state index is 5.74. The molecule has 1 aromatic heterocycles. The Morgan fingerprint density at radius 1 is 1.36 bits per heavy atom. The Hall–Kier alpha value is -0.870. The molecule has 2 aliphatic rings. The number of hydrogen-bond donors (Lipinski definition) is 2. The molecule has 0 bridgehead atoms. The van der Waals surface area contributed by atoms with Gasteiger partial charge in [-0.05, 0) is 11.8 Å². The first-order chi connectivity index (χ1) is 6.84. The van der Waals surface area contributed by atoms with Crippen LogP contribution < -0.4 is 10.6 Å². The van der Waals surface area contributed by atoms with Crippen LogP contribution >= 0.6 is 11.6 Å². The van der Waals surface area contributed by atoms with Gasteiger partial charge in [-0.2, -0.15) is 0 Å². The number of anilines is 1. The zero-order valence-corrected chi connectivity index (χ0v) is 8.33. The van der Waals surface area contributed by atoms with Crippen molar-refractivity contribution in [3.8, 4) is 0 Å². The summed E-state index contributed by atoms with van der Waals surface area (Å²) in [6, 6.07) is 0.573. The fourth-order valence-corrected chi connectivity index (χ4v) is 2.36. The maximum atomic E-state index is 5.74. The number of halogens is 1. The van der Waals surface area contributed by atoms with Gasteiger partial charge in [0.1, 0.15) is 11.0 Å². The van der Waals surface area contributed by atoms with Gasteiger partial charge in [0.05, 0.1) is 12.4 Å². The average molecular weight is 211 g/mol. The first-order valence-electron chi connectivity index (χ1n) is 4.79. The Morgan fingerprint density at radius 2 is 2.14 bits per heavy atom. The fourth-order valence-electron chi connectivity index (χ4n) is 2.21. The Kier molecular flexibility index (Phi) is 1.85. The molecule has 3 rings (SSSR count). The molecular formula is C9H11ClN4. The van der Waals surface area contributed by atoms with Gasteiger partial charge in [-0.3, -0.25) is 4.98 Å². The van der Waals surface area contributed by atoms with Gasteiger partial charge in [0.2, 0.25) is 0 Å². The van der Waals surface area contributed by atoms with Crippen molar-refractivity contribution >= 4 is 17.4 Å². The summed E-state index contributed by atoms with van der Waals surface area (Å²) in [4.78, 5) is 8.14. The lowest BCUT2D eigenvalue weighted by Gasteiger charge is -2.07. The van der Waals surface area contributed by atoms with E-state index in [9.17, 15) is 0 Å². The Morgan fingerprint density at radius 3 is 2.86 bits per heavy atom. The predicted octanol–water partition coefficient (Wildman–Crippen LogP) is 0.760. The first-order valence-corrected chi connectivity index (χ1v) is 5.17. The molecule has 1 aliphatic heterocycles. The smallest absolute Gasteiger partial charge is 0.149 e. The van der Waals surface area contributed by atoms with E-state index in [1.165, 1.54) is 0 Å². The summed E-state index contributed by atoms with van der Waals surface area (Å²) in [6.07, 6.45) is 3.26. The molecule has 2 N–H and O–H groups in total. The van der Waals surface area contributed by atoms with Gasteiger partial charge < -0.3 is 10.6 Å². The van der Waals surface area contributed by atoms with Crippen molar-refractivity contribution in [2.24, 2.45) is 11.8 Å². The van der Waals surface area contributed by atoms with Crippen molar-refractivity contribution in [3.05, 3.63) is 17.5 Å². The third kappa shape index (κ3) is 1.35. The normalized spacial score (nSPS) is 33.9. The topological polar surface area (TPSA) is 49.8 Å². The van der Waals surface area contributed by atoms with Crippen LogP contribution in [0.5, 0.6) is 0 Å². The number of nitrogens with one attached hydrogen (secondary N) is 2. The van der Waals surface area contributed by atoms with Crippen LogP contribution in [0.1, 0.15) is 0 Å². The number of nitrogens with zero attached hydrogens (tertiary/aromatic N) is 2. The highest BCUT2D eigenvalue weighted by atomic mass is 35.5. The molecule has 1 saturated carbocycles. The minimum Gasteiger partial charge on any atom is -0.365 e. The average Bonchev–Trinajstić information content (AvgIpc) is 2.62. The molecule has 2 fully saturated rings. The lowest BCUT2D eigenvalue weighted by Crippen LogP contribution is -2.21. The van der Waals surface area contributed by atoms with Crippen LogP contribution in [-0.4, -0.2) is 29.1 Å². The summed E-state index contributed by atoms with van der Waals surface area (Å²) in [5, 5.41) is 7.15. The van der Waals surface area contributed by atoms with E-state index < -0.39 is 0 Å². The summed E-state index contributed by atoms with van der Waals surface area (Å²) in [6.45, 7) is 2.24. The standard InChI is InChI=1S/C9H11ClN4/c10-7-3-12-4-8(13-7)14-9-5-1-11-2-6(5)9/h3-6,9,11H,1-2H2,(H,13,14). The molecule has 2 atom stereocenters. The molecule has 1 aromatic rings. The van der Waals surface area contributed by atoms with Crippen molar-refractivity contribution in [2.75, 3.05) is 18.4 Å². The maximum Gasteiger partial charge on any atom is 0.149 e. The molecular weight excluding hydrogens is 200 g/mol. The van der Waals surface area contributed by atoms with Gasteiger partial charge in [0.25, 0.3) is 0 Å². The summed E-state index contributed by atoms with van der Waals surface area (Å²) in [5.41, 5.74) is 0. The van der Waals surface area contributed by atoms with Gasteiger partial charge in [-0.15, -0.1) is 0 Å². The van der Waals surface area contributed by atoms with Crippen molar-refractivity contribution in [1.82, 2.24) is 15.3 Å². The molecule has 0 spiro atoms. The summed E-state index contributed by atoms with van der Waals surface area (Å²) >= 11 is 5.74. The lowest BCUT2D eigenvalue weighted by molar-refractivity contribution is 0.695. The lowest BCUT2D eigenvalue weighted by atomic mass is 10.4. The quantitative estimate of drug-likeness (QED) is 0.757. The van der Waals surface area contributed by atoms with Crippen LogP contribution in [0.15, 0.2) is 12.4 Å². The number of fused-ring (bicyclic) bond motifs is 1. The van der Waals surface area contributed by atoms with Crippen LogP contribution in [0.25, 0.3) is 0 Å². The third-order valence-electron chi connectivity index (χ3n) is 3.01. The monoisotopic (exact) mass is 210 g/mol. The highest BCUT2D eigenvalue weighted by Crippen LogP contribution is 2.43. The number of piperidine rings is 1. The molecule has 74 valence electrons. The van der Waals surface area contributed by atoms with Gasteiger partial charge in [0, 0.05) is 19.1 Å². The Balaban J connectivity index is 1.68. The predicted molar refractivity (Wildman–Crippen MR) is 54.3 cm³/mol. The SMILES string of the molecule is Clc1cncc(NC2C3CNCC32)n1. The molecule has 1 saturated heterocycles. The highest BCUT2D eigenvalue weighted by molar-refractivity contribution is 6.29. The molecule has 14 heavy (non-hydrogen) atoms. The van der Waals surface area contributed by atoms with Crippen molar-refractivity contribution in [3.63, 3.8) is 0 Å². The number of aromatic nitrogens is 2. The van der Waals surface area contributed by atoms with E-state index in [0.29, 0.717) is 11.2 Å². The fraction of sp³-hybridized carbons (Fsp3) is 0.556. The minimum atomic E-state index is 0.443. The second kappa shape index (κ2) is 3.07. The Bertz CT molecular complexity index is 346. The van der Waals surface area contributed by atoms with E-state index in [2.05, 4.69) is 20.6 Å². The van der Waals surface area contributed by atoms with Crippen LogP contribution in [-0.2, 0) is 0 Å². The zero-order valence-electron chi connectivity index (χ0n) is 7.57. The first kappa shape index (κ1) is 8.44. The van der Waals surface area contributed by atoms with E-state index in [-0.39, 0.29) is 0 Å². The molecule has 0 amide bonds. The van der Waals surface area contributed by atoms with E-state index in [0.717, 1.165) is 30.7 Å². The third-order valence-corrected chi connectivity index (χ3v) is 3.19. The van der Waals surface area contributed by atoms with E-state index in [4.69, 9.17) is 11.6 Å². The van der Waals surface area contributed by atoms with Crippen molar-refractivity contribution < 1.29 is 0 Å². The molecule has 1 aliphatic carbocycles. The van der Waals surface area contributed by atoms with E-state index in [1.807, 2.05) is 0 Å². The Labute approximate surface area is 87.1 Å². The molecule has 4 nitrogen and oxygen atoms in total. The van der Waals surface area contributed by atoms with Gasteiger partial charge in [-0.1, -0.05) is 11.6 Å². The van der Waals surface area contributed by atoms with Crippen LogP contribution in [0.4, 0.5) is 5.82 Å². The van der Waals surface area contributed by atoms with Crippen LogP contribution in [0.3, 0.4) is 0 Å². The van der Waals surface area contributed by atoms with Crippen molar-refractivity contribution in [1.29, 1.82) is 0 Å². The highest BCUT2D eigenvalue weighted by Gasteiger charge is 2.53. The van der Waals surface area contributed by atoms with Gasteiger partial charge in [0.15, 0.2) is 0 Å².